The number of alkyl halides is 2. The minimum Gasteiger partial charge on any atom is -0.323 e. The van der Waals surface area contributed by atoms with Gasteiger partial charge in [0.25, 0.3) is 5.92 Å². The van der Waals surface area contributed by atoms with Gasteiger partial charge in [-0.15, -0.1) is 0 Å². The molecule has 3 heteroatoms. The average molecular weight is 235 g/mol. The fourth-order valence-corrected chi connectivity index (χ4v) is 1.84. The molecule has 2 N–H and O–H groups in total. The molecule has 2 aromatic rings. The van der Waals surface area contributed by atoms with Crippen LogP contribution in [-0.4, -0.2) is 6.04 Å². The van der Waals surface area contributed by atoms with Crippen LogP contribution in [0, 0.1) is 6.92 Å². The van der Waals surface area contributed by atoms with Gasteiger partial charge >= 0.3 is 0 Å². The van der Waals surface area contributed by atoms with Crippen molar-refractivity contribution in [1.29, 1.82) is 0 Å². The molecule has 2 rings (SSSR count). The van der Waals surface area contributed by atoms with Crippen molar-refractivity contribution in [2.75, 3.05) is 0 Å². The number of halogens is 2. The van der Waals surface area contributed by atoms with E-state index in [4.69, 9.17) is 5.73 Å². The van der Waals surface area contributed by atoms with Crippen molar-refractivity contribution < 1.29 is 8.78 Å². The molecular formula is C14H15F2N. The first-order valence-electron chi connectivity index (χ1n) is 5.55. The van der Waals surface area contributed by atoms with Crippen LogP contribution in [0.1, 0.15) is 18.1 Å². The molecule has 0 heterocycles. The van der Waals surface area contributed by atoms with Gasteiger partial charge in [-0.1, -0.05) is 35.9 Å². The highest BCUT2D eigenvalue weighted by Gasteiger charge is 2.36. The van der Waals surface area contributed by atoms with E-state index >= 15 is 0 Å². The number of aryl methyl sites for hydroxylation is 1. The second-order valence-electron chi connectivity index (χ2n) is 4.48. The van der Waals surface area contributed by atoms with Crippen molar-refractivity contribution in [3.63, 3.8) is 0 Å². The number of hydrogen-bond donors (Lipinski definition) is 1. The molecule has 17 heavy (non-hydrogen) atoms. The first kappa shape index (κ1) is 12.0. The summed E-state index contributed by atoms with van der Waals surface area (Å²) in [4.78, 5) is 0. The molecule has 0 spiro atoms. The van der Waals surface area contributed by atoms with Gasteiger partial charge in [0.15, 0.2) is 0 Å². The van der Waals surface area contributed by atoms with E-state index < -0.39 is 12.0 Å². The molecule has 0 radical (unpaired) electrons. The molecule has 0 saturated heterocycles. The minimum atomic E-state index is -2.99. The molecule has 0 aliphatic heterocycles. The van der Waals surface area contributed by atoms with Crippen molar-refractivity contribution in [2.45, 2.75) is 25.8 Å². The Kier molecular flexibility index (Phi) is 2.87. The predicted octanol–water partition coefficient (Wildman–Crippen LogP) is 3.59. The molecule has 90 valence electrons. The van der Waals surface area contributed by atoms with Crippen LogP contribution < -0.4 is 5.73 Å². The summed E-state index contributed by atoms with van der Waals surface area (Å²) in [6, 6.07) is 9.23. The zero-order valence-corrected chi connectivity index (χ0v) is 9.87. The molecule has 0 aromatic heterocycles. The van der Waals surface area contributed by atoms with Crippen LogP contribution >= 0.6 is 0 Å². The van der Waals surface area contributed by atoms with E-state index in [9.17, 15) is 8.78 Å². The number of hydrogen-bond acceptors (Lipinski definition) is 1. The second-order valence-corrected chi connectivity index (χ2v) is 4.48. The molecule has 1 unspecified atom stereocenters. The zero-order chi connectivity index (χ0) is 12.6. The Balaban J connectivity index is 2.56. The third-order valence-electron chi connectivity index (χ3n) is 2.95. The number of rotatable bonds is 2. The normalized spacial score (nSPS) is 13.9. The summed E-state index contributed by atoms with van der Waals surface area (Å²) in [6.45, 7) is 3.29. The van der Waals surface area contributed by atoms with Gasteiger partial charge < -0.3 is 5.73 Å². The van der Waals surface area contributed by atoms with Gasteiger partial charge in [-0.25, -0.2) is 0 Å². The molecule has 1 atom stereocenters. The fraction of sp³-hybridized carbons (Fsp3) is 0.286. The second kappa shape index (κ2) is 4.08. The summed E-state index contributed by atoms with van der Waals surface area (Å²) in [6.07, 6.45) is 0. The van der Waals surface area contributed by atoms with E-state index in [0.29, 0.717) is 0 Å². The Morgan fingerprint density at radius 2 is 1.65 bits per heavy atom. The SMILES string of the molecule is Cc1ccc2cc(C(F)(F)C(C)N)ccc2c1. The number of nitrogens with two attached hydrogens (primary N) is 1. The third-order valence-corrected chi connectivity index (χ3v) is 2.95. The maximum absolute atomic E-state index is 13.8. The maximum Gasteiger partial charge on any atom is 0.287 e. The summed E-state index contributed by atoms with van der Waals surface area (Å²) >= 11 is 0. The van der Waals surface area contributed by atoms with Gasteiger partial charge in [0.2, 0.25) is 0 Å². The smallest absolute Gasteiger partial charge is 0.287 e. The number of benzene rings is 2. The van der Waals surface area contributed by atoms with Crippen molar-refractivity contribution in [3.8, 4) is 0 Å². The predicted molar refractivity (Wildman–Crippen MR) is 66.2 cm³/mol. The summed E-state index contributed by atoms with van der Waals surface area (Å²) in [7, 11) is 0. The van der Waals surface area contributed by atoms with Crippen LogP contribution in [0.3, 0.4) is 0 Å². The van der Waals surface area contributed by atoms with Crippen molar-refractivity contribution in [1.82, 2.24) is 0 Å². The van der Waals surface area contributed by atoms with Crippen molar-refractivity contribution >= 4 is 10.8 Å². The van der Waals surface area contributed by atoms with Gasteiger partial charge in [-0.2, -0.15) is 8.78 Å². The van der Waals surface area contributed by atoms with E-state index in [0.717, 1.165) is 16.3 Å². The molecule has 0 fully saturated rings. The van der Waals surface area contributed by atoms with Gasteiger partial charge in [-0.05, 0) is 30.7 Å². The lowest BCUT2D eigenvalue weighted by Gasteiger charge is -2.21. The largest absolute Gasteiger partial charge is 0.323 e. The lowest BCUT2D eigenvalue weighted by atomic mass is 9.98. The van der Waals surface area contributed by atoms with Crippen LogP contribution in [0.25, 0.3) is 10.8 Å². The van der Waals surface area contributed by atoms with Crippen LogP contribution in [0.5, 0.6) is 0 Å². The van der Waals surface area contributed by atoms with E-state index in [1.54, 1.807) is 6.07 Å². The fourth-order valence-electron chi connectivity index (χ4n) is 1.84. The Labute approximate surface area is 99.2 Å². The van der Waals surface area contributed by atoms with Crippen LogP contribution in [0.2, 0.25) is 0 Å². The van der Waals surface area contributed by atoms with Crippen LogP contribution in [0.15, 0.2) is 36.4 Å². The Bertz CT molecular complexity index is 547. The van der Waals surface area contributed by atoms with E-state index in [1.807, 2.05) is 25.1 Å². The van der Waals surface area contributed by atoms with E-state index in [2.05, 4.69) is 0 Å². The minimum absolute atomic E-state index is 0.0242. The first-order valence-corrected chi connectivity index (χ1v) is 5.55. The van der Waals surface area contributed by atoms with Gasteiger partial charge in [0.05, 0.1) is 6.04 Å². The lowest BCUT2D eigenvalue weighted by molar-refractivity contribution is -0.0255. The van der Waals surface area contributed by atoms with E-state index in [-0.39, 0.29) is 5.56 Å². The molecule has 0 aliphatic carbocycles. The molecule has 0 saturated carbocycles. The summed E-state index contributed by atoms with van der Waals surface area (Å²) < 4.78 is 27.5. The summed E-state index contributed by atoms with van der Waals surface area (Å²) in [5.41, 5.74) is 6.41. The van der Waals surface area contributed by atoms with E-state index in [1.165, 1.54) is 19.1 Å². The van der Waals surface area contributed by atoms with Gasteiger partial charge in [0, 0.05) is 5.56 Å². The third kappa shape index (κ3) is 2.15. The Morgan fingerprint density at radius 1 is 1.06 bits per heavy atom. The number of fused-ring (bicyclic) bond motifs is 1. The molecule has 2 aromatic carbocycles. The van der Waals surface area contributed by atoms with Crippen molar-refractivity contribution in [3.05, 3.63) is 47.5 Å². The molecular weight excluding hydrogens is 220 g/mol. The standard InChI is InChI=1S/C14H15F2N/c1-9-3-4-12-8-13(6-5-11(12)7-9)14(15,16)10(2)17/h3-8,10H,17H2,1-2H3. The van der Waals surface area contributed by atoms with Gasteiger partial charge in [0.1, 0.15) is 0 Å². The highest BCUT2D eigenvalue weighted by atomic mass is 19.3. The Hall–Kier alpha value is -1.48. The highest BCUT2D eigenvalue weighted by Crippen LogP contribution is 2.32. The molecule has 0 amide bonds. The lowest BCUT2D eigenvalue weighted by Crippen LogP contribution is -2.35. The molecule has 1 nitrogen and oxygen atoms in total. The molecule has 0 bridgehead atoms. The Morgan fingerprint density at radius 3 is 2.29 bits per heavy atom. The first-order chi connectivity index (χ1) is 7.91. The molecule has 0 aliphatic rings. The van der Waals surface area contributed by atoms with Crippen LogP contribution in [-0.2, 0) is 5.92 Å². The summed E-state index contributed by atoms with van der Waals surface area (Å²) in [5, 5.41) is 1.78. The maximum atomic E-state index is 13.8. The zero-order valence-electron chi connectivity index (χ0n) is 9.87. The quantitative estimate of drug-likeness (QED) is 0.845. The van der Waals surface area contributed by atoms with Gasteiger partial charge in [-0.3, -0.25) is 0 Å². The van der Waals surface area contributed by atoms with Crippen LogP contribution in [0.4, 0.5) is 8.78 Å². The van der Waals surface area contributed by atoms with Crippen molar-refractivity contribution in [2.24, 2.45) is 5.73 Å². The topological polar surface area (TPSA) is 26.0 Å². The highest BCUT2D eigenvalue weighted by molar-refractivity contribution is 5.84. The monoisotopic (exact) mass is 235 g/mol. The summed E-state index contributed by atoms with van der Waals surface area (Å²) in [5.74, 6) is -2.99. The average Bonchev–Trinajstić information content (AvgIpc) is 2.28.